The van der Waals surface area contributed by atoms with E-state index in [2.05, 4.69) is 45.9 Å². The molecule has 5 rings (SSSR count). The predicted octanol–water partition coefficient (Wildman–Crippen LogP) is 7.62. The lowest BCUT2D eigenvalue weighted by Crippen LogP contribution is -2.04. The Morgan fingerprint density at radius 3 is 1.62 bits per heavy atom. The Morgan fingerprint density at radius 1 is 0.595 bits per heavy atom. The standard InChI is InChI=1S/C31H28N4O2/c1-21-20-32-31(34-27-19-25(15-17-29(27)37-3)23-12-8-5-9-13-23)35-30(21)33-26-18-24(14-16-28(26)36-2)22-10-6-4-7-11-22/h4-20H,1-3H3,(H2,32,33,34,35). The number of methoxy groups -OCH3 is 2. The van der Waals surface area contributed by atoms with Gasteiger partial charge in [-0.3, -0.25) is 0 Å². The van der Waals surface area contributed by atoms with Gasteiger partial charge >= 0.3 is 0 Å². The summed E-state index contributed by atoms with van der Waals surface area (Å²) in [4.78, 5) is 9.29. The third-order valence-electron chi connectivity index (χ3n) is 6.08. The molecule has 5 aromatic rings. The first-order valence-electron chi connectivity index (χ1n) is 12.0. The minimum atomic E-state index is 0.454. The molecule has 0 saturated carbocycles. The van der Waals surface area contributed by atoms with E-state index in [1.807, 2.05) is 73.7 Å². The number of aromatic nitrogens is 2. The maximum Gasteiger partial charge on any atom is 0.229 e. The normalized spacial score (nSPS) is 10.6. The van der Waals surface area contributed by atoms with Crippen LogP contribution in [0.5, 0.6) is 11.5 Å². The van der Waals surface area contributed by atoms with Crippen LogP contribution in [0.15, 0.2) is 103 Å². The quantitative estimate of drug-likeness (QED) is 0.234. The zero-order valence-electron chi connectivity index (χ0n) is 21.0. The molecule has 2 N–H and O–H groups in total. The van der Waals surface area contributed by atoms with Gasteiger partial charge in [-0.15, -0.1) is 0 Å². The van der Waals surface area contributed by atoms with E-state index in [0.29, 0.717) is 17.5 Å². The third-order valence-corrected chi connectivity index (χ3v) is 6.08. The number of anilines is 4. The molecule has 0 amide bonds. The van der Waals surface area contributed by atoms with Crippen LogP contribution in [0.1, 0.15) is 5.56 Å². The van der Waals surface area contributed by atoms with E-state index >= 15 is 0 Å². The van der Waals surface area contributed by atoms with Gasteiger partial charge in [0, 0.05) is 11.8 Å². The molecular weight excluding hydrogens is 460 g/mol. The van der Waals surface area contributed by atoms with Crippen molar-refractivity contribution >= 4 is 23.1 Å². The van der Waals surface area contributed by atoms with Gasteiger partial charge in [-0.1, -0.05) is 72.8 Å². The Labute approximate surface area is 217 Å². The molecule has 6 heteroatoms. The second-order valence-electron chi connectivity index (χ2n) is 8.54. The van der Waals surface area contributed by atoms with Crippen molar-refractivity contribution < 1.29 is 9.47 Å². The number of ether oxygens (including phenoxy) is 2. The van der Waals surface area contributed by atoms with Gasteiger partial charge in [0.05, 0.1) is 25.6 Å². The van der Waals surface area contributed by atoms with Crippen LogP contribution in [0.4, 0.5) is 23.1 Å². The van der Waals surface area contributed by atoms with Crippen molar-refractivity contribution in [2.45, 2.75) is 6.92 Å². The molecule has 0 spiro atoms. The topological polar surface area (TPSA) is 68.3 Å². The average molecular weight is 489 g/mol. The smallest absolute Gasteiger partial charge is 0.229 e. The number of nitrogens with one attached hydrogen (secondary N) is 2. The number of benzene rings is 4. The Hall–Kier alpha value is -4.84. The number of nitrogens with zero attached hydrogens (tertiary/aromatic N) is 2. The van der Waals surface area contributed by atoms with E-state index in [-0.39, 0.29) is 0 Å². The first-order chi connectivity index (χ1) is 18.1. The second kappa shape index (κ2) is 10.8. The van der Waals surface area contributed by atoms with Crippen molar-refractivity contribution in [3.8, 4) is 33.8 Å². The summed E-state index contributed by atoms with van der Waals surface area (Å²) >= 11 is 0. The summed E-state index contributed by atoms with van der Waals surface area (Å²) in [6.07, 6.45) is 1.79. The highest BCUT2D eigenvalue weighted by Gasteiger charge is 2.12. The number of hydrogen-bond donors (Lipinski definition) is 2. The van der Waals surface area contributed by atoms with Gasteiger partial charge in [0.1, 0.15) is 17.3 Å². The fourth-order valence-corrected chi connectivity index (χ4v) is 4.11. The molecule has 0 radical (unpaired) electrons. The number of rotatable bonds is 8. The van der Waals surface area contributed by atoms with Crippen molar-refractivity contribution in [2.24, 2.45) is 0 Å². The summed E-state index contributed by atoms with van der Waals surface area (Å²) < 4.78 is 11.2. The number of aryl methyl sites for hydroxylation is 1. The van der Waals surface area contributed by atoms with Crippen LogP contribution < -0.4 is 20.1 Å². The van der Waals surface area contributed by atoms with Gasteiger partial charge in [-0.05, 0) is 53.4 Å². The molecule has 184 valence electrons. The molecule has 0 bridgehead atoms. The highest BCUT2D eigenvalue weighted by molar-refractivity contribution is 5.77. The van der Waals surface area contributed by atoms with E-state index < -0.39 is 0 Å². The first-order valence-corrected chi connectivity index (χ1v) is 12.0. The molecule has 0 atom stereocenters. The van der Waals surface area contributed by atoms with Crippen molar-refractivity contribution in [2.75, 3.05) is 24.9 Å². The minimum Gasteiger partial charge on any atom is -0.495 e. The fourth-order valence-electron chi connectivity index (χ4n) is 4.11. The molecule has 0 aliphatic carbocycles. The molecule has 0 aliphatic rings. The van der Waals surface area contributed by atoms with Gasteiger partial charge in [0.25, 0.3) is 0 Å². The maximum absolute atomic E-state index is 5.62. The lowest BCUT2D eigenvalue weighted by atomic mass is 10.0. The van der Waals surface area contributed by atoms with E-state index in [1.54, 1.807) is 20.4 Å². The summed E-state index contributed by atoms with van der Waals surface area (Å²) in [5, 5.41) is 6.78. The summed E-state index contributed by atoms with van der Waals surface area (Å²) in [5.74, 6) is 2.56. The molecular formula is C31H28N4O2. The maximum atomic E-state index is 5.62. The summed E-state index contributed by atoms with van der Waals surface area (Å²) in [7, 11) is 3.31. The molecule has 0 saturated heterocycles. The molecule has 6 nitrogen and oxygen atoms in total. The molecule has 0 fully saturated rings. The average Bonchev–Trinajstić information content (AvgIpc) is 2.95. The van der Waals surface area contributed by atoms with Crippen LogP contribution >= 0.6 is 0 Å². The zero-order chi connectivity index (χ0) is 25.6. The van der Waals surface area contributed by atoms with E-state index in [9.17, 15) is 0 Å². The summed E-state index contributed by atoms with van der Waals surface area (Å²) in [6, 6.07) is 32.5. The van der Waals surface area contributed by atoms with Gasteiger partial charge in [0.15, 0.2) is 0 Å². The van der Waals surface area contributed by atoms with Crippen molar-refractivity contribution in [3.05, 3.63) is 109 Å². The van der Waals surface area contributed by atoms with Crippen LogP contribution in [0, 0.1) is 6.92 Å². The highest BCUT2D eigenvalue weighted by atomic mass is 16.5. The fraction of sp³-hybridized carbons (Fsp3) is 0.0968. The number of hydrogen-bond acceptors (Lipinski definition) is 6. The van der Waals surface area contributed by atoms with Crippen LogP contribution in [0.3, 0.4) is 0 Å². The van der Waals surface area contributed by atoms with Gasteiger partial charge in [-0.25, -0.2) is 4.98 Å². The molecule has 0 unspecified atom stereocenters. The van der Waals surface area contributed by atoms with Crippen molar-refractivity contribution in [1.29, 1.82) is 0 Å². The Kier molecular flexibility index (Phi) is 6.99. The highest BCUT2D eigenvalue weighted by Crippen LogP contribution is 2.35. The third kappa shape index (κ3) is 5.38. The second-order valence-corrected chi connectivity index (χ2v) is 8.54. The Morgan fingerprint density at radius 2 is 1.11 bits per heavy atom. The van der Waals surface area contributed by atoms with Crippen LogP contribution in [0.25, 0.3) is 22.3 Å². The summed E-state index contributed by atoms with van der Waals surface area (Å²) in [6.45, 7) is 1.97. The van der Waals surface area contributed by atoms with Gasteiger partial charge in [0.2, 0.25) is 5.95 Å². The minimum absolute atomic E-state index is 0.454. The van der Waals surface area contributed by atoms with Gasteiger partial charge < -0.3 is 20.1 Å². The molecule has 1 aromatic heterocycles. The Balaban J connectivity index is 1.46. The van der Waals surface area contributed by atoms with E-state index in [0.717, 1.165) is 44.9 Å². The lowest BCUT2D eigenvalue weighted by Gasteiger charge is -2.16. The molecule has 1 heterocycles. The monoisotopic (exact) mass is 488 g/mol. The van der Waals surface area contributed by atoms with E-state index in [1.165, 1.54) is 0 Å². The molecule has 4 aromatic carbocycles. The predicted molar refractivity (Wildman–Crippen MR) is 150 cm³/mol. The lowest BCUT2D eigenvalue weighted by molar-refractivity contribution is 0.417. The van der Waals surface area contributed by atoms with Crippen molar-refractivity contribution in [1.82, 2.24) is 9.97 Å². The molecule has 37 heavy (non-hydrogen) atoms. The first kappa shape index (κ1) is 23.9. The summed E-state index contributed by atoms with van der Waals surface area (Å²) in [5.41, 5.74) is 6.89. The van der Waals surface area contributed by atoms with Crippen LogP contribution in [-0.4, -0.2) is 24.2 Å². The SMILES string of the molecule is COc1ccc(-c2ccccc2)cc1Nc1ncc(C)c(Nc2cc(-c3ccccc3)ccc2OC)n1. The largest absolute Gasteiger partial charge is 0.495 e. The van der Waals surface area contributed by atoms with Crippen molar-refractivity contribution in [3.63, 3.8) is 0 Å². The van der Waals surface area contributed by atoms with Gasteiger partial charge in [-0.2, -0.15) is 4.98 Å². The zero-order valence-corrected chi connectivity index (χ0v) is 21.0. The van der Waals surface area contributed by atoms with E-state index in [4.69, 9.17) is 14.5 Å². The Bertz CT molecular complexity index is 1510. The molecule has 0 aliphatic heterocycles. The van der Waals surface area contributed by atoms with Crippen LogP contribution in [0.2, 0.25) is 0 Å². The van der Waals surface area contributed by atoms with Crippen LogP contribution in [-0.2, 0) is 0 Å².